The molecule has 3 atom stereocenters. The van der Waals surface area contributed by atoms with Crippen molar-refractivity contribution in [3.63, 3.8) is 0 Å². The SMILES string of the molecule is CC(C)[C@H]1CC[C@H](C)C[C@@H]1C(Cl)(Cl)Cl. The van der Waals surface area contributed by atoms with Gasteiger partial charge in [0.1, 0.15) is 0 Å². The minimum atomic E-state index is -1.08. The fourth-order valence-corrected chi connectivity index (χ4v) is 3.33. The summed E-state index contributed by atoms with van der Waals surface area (Å²) < 4.78 is -1.08. The van der Waals surface area contributed by atoms with Crippen LogP contribution in [-0.4, -0.2) is 3.79 Å². The van der Waals surface area contributed by atoms with Gasteiger partial charge in [-0.2, -0.15) is 0 Å². The molecule has 0 nitrogen and oxygen atoms in total. The lowest BCUT2D eigenvalue weighted by atomic mass is 9.71. The highest BCUT2D eigenvalue weighted by Gasteiger charge is 2.42. The van der Waals surface area contributed by atoms with E-state index in [9.17, 15) is 0 Å². The Labute approximate surface area is 102 Å². The first-order valence-corrected chi connectivity index (χ1v) is 6.52. The predicted octanol–water partition coefficient (Wildman–Crippen LogP) is 5.07. The van der Waals surface area contributed by atoms with Gasteiger partial charge in [0.15, 0.2) is 3.79 Å². The Morgan fingerprint density at radius 1 is 1.14 bits per heavy atom. The van der Waals surface area contributed by atoms with Crippen molar-refractivity contribution >= 4 is 34.8 Å². The van der Waals surface area contributed by atoms with Crippen molar-refractivity contribution in [3.05, 3.63) is 0 Å². The van der Waals surface area contributed by atoms with Crippen molar-refractivity contribution in [2.24, 2.45) is 23.7 Å². The molecule has 14 heavy (non-hydrogen) atoms. The molecular weight excluding hydrogens is 238 g/mol. The Bertz CT molecular complexity index is 183. The first-order chi connectivity index (χ1) is 6.32. The normalized spacial score (nSPS) is 34.9. The molecule has 0 unspecified atom stereocenters. The summed E-state index contributed by atoms with van der Waals surface area (Å²) in [5.74, 6) is 2.11. The van der Waals surface area contributed by atoms with Crippen LogP contribution in [0.4, 0.5) is 0 Å². The average Bonchev–Trinajstić information content (AvgIpc) is 2.01. The summed E-state index contributed by atoms with van der Waals surface area (Å²) in [7, 11) is 0. The lowest BCUT2D eigenvalue weighted by molar-refractivity contribution is 0.146. The van der Waals surface area contributed by atoms with Crippen molar-refractivity contribution in [2.45, 2.75) is 43.8 Å². The molecule has 0 bridgehead atoms. The second-order valence-electron chi connectivity index (χ2n) is 4.97. The zero-order chi connectivity index (χ0) is 10.9. The second-order valence-corrected chi connectivity index (χ2v) is 7.34. The molecule has 3 heteroatoms. The molecule has 84 valence electrons. The molecule has 1 aliphatic carbocycles. The zero-order valence-corrected chi connectivity index (χ0v) is 11.3. The van der Waals surface area contributed by atoms with E-state index in [0.29, 0.717) is 17.8 Å². The molecule has 1 fully saturated rings. The van der Waals surface area contributed by atoms with Crippen molar-refractivity contribution in [1.82, 2.24) is 0 Å². The highest BCUT2D eigenvalue weighted by Crippen LogP contribution is 2.49. The van der Waals surface area contributed by atoms with Gasteiger partial charge in [-0.1, -0.05) is 62.0 Å². The van der Waals surface area contributed by atoms with Gasteiger partial charge in [-0.15, -0.1) is 0 Å². The molecule has 1 aliphatic rings. The summed E-state index contributed by atoms with van der Waals surface area (Å²) in [5.41, 5.74) is 0. The Morgan fingerprint density at radius 3 is 2.14 bits per heavy atom. The third-order valence-corrected chi connectivity index (χ3v) is 4.28. The van der Waals surface area contributed by atoms with Crippen LogP contribution in [0.25, 0.3) is 0 Å². The molecule has 1 rings (SSSR count). The summed E-state index contributed by atoms with van der Waals surface area (Å²) in [5, 5.41) is 0. The Morgan fingerprint density at radius 2 is 1.71 bits per heavy atom. The summed E-state index contributed by atoms with van der Waals surface area (Å²) in [6, 6.07) is 0. The minimum absolute atomic E-state index is 0.233. The zero-order valence-electron chi connectivity index (χ0n) is 9.06. The monoisotopic (exact) mass is 256 g/mol. The fourth-order valence-electron chi connectivity index (χ4n) is 2.58. The lowest BCUT2D eigenvalue weighted by Gasteiger charge is -2.40. The molecule has 0 radical (unpaired) electrons. The summed E-state index contributed by atoms with van der Waals surface area (Å²) in [6.45, 7) is 6.70. The van der Waals surface area contributed by atoms with Crippen LogP contribution in [0.3, 0.4) is 0 Å². The molecule has 0 aromatic rings. The topological polar surface area (TPSA) is 0 Å². The van der Waals surface area contributed by atoms with E-state index in [2.05, 4.69) is 20.8 Å². The molecule has 0 aromatic heterocycles. The fraction of sp³-hybridized carbons (Fsp3) is 1.00. The molecular formula is C11H19Cl3. The van der Waals surface area contributed by atoms with Gasteiger partial charge in [-0.05, 0) is 30.6 Å². The van der Waals surface area contributed by atoms with Crippen LogP contribution in [0.15, 0.2) is 0 Å². The van der Waals surface area contributed by atoms with Gasteiger partial charge >= 0.3 is 0 Å². The first kappa shape index (κ1) is 12.9. The highest BCUT2D eigenvalue weighted by atomic mass is 35.6. The number of rotatable bonds is 1. The molecule has 1 saturated carbocycles. The summed E-state index contributed by atoms with van der Waals surface area (Å²) in [4.78, 5) is 0. The third kappa shape index (κ3) is 3.18. The summed E-state index contributed by atoms with van der Waals surface area (Å²) >= 11 is 18.1. The first-order valence-electron chi connectivity index (χ1n) is 5.39. The molecule has 0 saturated heterocycles. The van der Waals surface area contributed by atoms with E-state index in [-0.39, 0.29) is 5.92 Å². The molecule has 0 heterocycles. The smallest absolute Gasteiger partial charge is 0.0834 e. The molecule has 0 spiro atoms. The van der Waals surface area contributed by atoms with Crippen LogP contribution in [0.1, 0.15) is 40.0 Å². The van der Waals surface area contributed by atoms with Crippen LogP contribution in [-0.2, 0) is 0 Å². The van der Waals surface area contributed by atoms with Gasteiger partial charge in [0, 0.05) is 5.92 Å². The van der Waals surface area contributed by atoms with E-state index in [1.54, 1.807) is 0 Å². The second kappa shape index (κ2) is 4.80. The molecule has 0 aliphatic heterocycles. The Balaban J connectivity index is 2.74. The van der Waals surface area contributed by atoms with Crippen LogP contribution >= 0.6 is 34.8 Å². The highest BCUT2D eigenvalue weighted by molar-refractivity contribution is 6.67. The van der Waals surface area contributed by atoms with Crippen molar-refractivity contribution in [1.29, 1.82) is 0 Å². The third-order valence-electron chi connectivity index (χ3n) is 3.44. The van der Waals surface area contributed by atoms with Gasteiger partial charge in [0.2, 0.25) is 0 Å². The lowest BCUT2D eigenvalue weighted by Crippen LogP contribution is -2.36. The van der Waals surface area contributed by atoms with E-state index in [4.69, 9.17) is 34.8 Å². The average molecular weight is 258 g/mol. The number of alkyl halides is 3. The molecule has 0 N–H and O–H groups in total. The van der Waals surface area contributed by atoms with Crippen LogP contribution in [0.2, 0.25) is 0 Å². The van der Waals surface area contributed by atoms with Crippen LogP contribution in [0.5, 0.6) is 0 Å². The van der Waals surface area contributed by atoms with Gasteiger partial charge in [-0.3, -0.25) is 0 Å². The van der Waals surface area contributed by atoms with Crippen LogP contribution < -0.4 is 0 Å². The van der Waals surface area contributed by atoms with Gasteiger partial charge in [0.25, 0.3) is 0 Å². The maximum atomic E-state index is 6.05. The van der Waals surface area contributed by atoms with E-state index < -0.39 is 3.79 Å². The van der Waals surface area contributed by atoms with E-state index >= 15 is 0 Å². The molecule has 0 amide bonds. The Kier molecular flexibility index (Phi) is 4.44. The van der Waals surface area contributed by atoms with Gasteiger partial charge in [0.05, 0.1) is 0 Å². The van der Waals surface area contributed by atoms with E-state index in [1.807, 2.05) is 0 Å². The minimum Gasteiger partial charge on any atom is -0.0834 e. The maximum Gasteiger partial charge on any atom is 0.193 e. The van der Waals surface area contributed by atoms with Crippen molar-refractivity contribution in [3.8, 4) is 0 Å². The summed E-state index contributed by atoms with van der Waals surface area (Å²) in [6.07, 6.45) is 3.54. The van der Waals surface area contributed by atoms with E-state index in [1.165, 1.54) is 12.8 Å². The van der Waals surface area contributed by atoms with Crippen molar-refractivity contribution < 1.29 is 0 Å². The number of hydrogen-bond acceptors (Lipinski definition) is 0. The standard InChI is InChI=1S/C11H19Cl3/c1-7(2)9-5-4-8(3)6-10(9)11(12,13)14/h7-10H,4-6H2,1-3H3/t8-,9+,10-/m0/s1. The van der Waals surface area contributed by atoms with Crippen molar-refractivity contribution in [2.75, 3.05) is 0 Å². The molecule has 0 aromatic carbocycles. The van der Waals surface area contributed by atoms with E-state index in [0.717, 1.165) is 6.42 Å². The number of halogens is 3. The van der Waals surface area contributed by atoms with Gasteiger partial charge < -0.3 is 0 Å². The Hall–Kier alpha value is 0.870. The quantitative estimate of drug-likeness (QED) is 0.576. The largest absolute Gasteiger partial charge is 0.193 e. The predicted molar refractivity (Wildman–Crippen MR) is 65.1 cm³/mol. The number of hydrogen-bond donors (Lipinski definition) is 0. The van der Waals surface area contributed by atoms with Crippen LogP contribution in [0, 0.1) is 23.7 Å². The maximum absolute atomic E-state index is 6.05. The van der Waals surface area contributed by atoms with Gasteiger partial charge in [-0.25, -0.2) is 0 Å².